The van der Waals surface area contributed by atoms with E-state index in [1.807, 2.05) is 23.1 Å². The molecule has 9 heteroatoms. The van der Waals surface area contributed by atoms with Crippen LogP contribution in [0.25, 0.3) is 0 Å². The lowest BCUT2D eigenvalue weighted by atomic mass is 10.1. The van der Waals surface area contributed by atoms with E-state index in [1.165, 1.54) is 16.1 Å². The van der Waals surface area contributed by atoms with Gasteiger partial charge in [0, 0.05) is 43.3 Å². The summed E-state index contributed by atoms with van der Waals surface area (Å²) in [7, 11) is 2.01. The standard InChI is InChI=1S/C22H36N6OS.HI/c1-6-23-22(25-16(2)14-19-17(3)26-27(5)18(19)4)24-15-20(21-8-7-13-30-21)28-9-11-29-12-10-28;/h7-8,13,16,20H,6,9-12,14-15H2,1-5H3,(H2,23,24,25);1H. The highest BCUT2D eigenvalue weighted by molar-refractivity contribution is 14.0. The van der Waals surface area contributed by atoms with Crippen molar-refractivity contribution in [2.24, 2.45) is 12.0 Å². The Morgan fingerprint density at radius 2 is 2.06 bits per heavy atom. The van der Waals surface area contributed by atoms with Crippen LogP contribution in [-0.2, 0) is 18.2 Å². The van der Waals surface area contributed by atoms with Crippen LogP contribution in [0.4, 0.5) is 0 Å². The highest BCUT2D eigenvalue weighted by Gasteiger charge is 2.23. The Bertz CT molecular complexity index is 816. The fourth-order valence-electron chi connectivity index (χ4n) is 3.96. The van der Waals surface area contributed by atoms with Crippen molar-refractivity contribution < 1.29 is 4.74 Å². The summed E-state index contributed by atoms with van der Waals surface area (Å²) in [4.78, 5) is 8.84. The summed E-state index contributed by atoms with van der Waals surface area (Å²) < 4.78 is 7.52. The van der Waals surface area contributed by atoms with Gasteiger partial charge in [-0.15, -0.1) is 35.3 Å². The second-order valence-electron chi connectivity index (χ2n) is 7.92. The summed E-state index contributed by atoms with van der Waals surface area (Å²) in [5.41, 5.74) is 3.65. The number of thiophene rings is 1. The average molecular weight is 561 g/mol. The van der Waals surface area contributed by atoms with E-state index in [2.05, 4.69) is 65.8 Å². The number of hydrogen-bond donors (Lipinski definition) is 2. The van der Waals surface area contributed by atoms with Gasteiger partial charge in [0.15, 0.2) is 5.96 Å². The molecule has 2 atom stereocenters. The highest BCUT2D eigenvalue weighted by Crippen LogP contribution is 2.26. The summed E-state index contributed by atoms with van der Waals surface area (Å²) in [5.74, 6) is 0.874. The molecule has 0 spiro atoms. The first-order chi connectivity index (χ1) is 14.5. The van der Waals surface area contributed by atoms with Crippen molar-refractivity contribution >= 4 is 41.3 Å². The zero-order chi connectivity index (χ0) is 21.5. The van der Waals surface area contributed by atoms with Gasteiger partial charge < -0.3 is 15.4 Å². The van der Waals surface area contributed by atoms with Crippen molar-refractivity contribution in [3.05, 3.63) is 39.3 Å². The molecule has 0 aromatic carbocycles. The molecule has 174 valence electrons. The van der Waals surface area contributed by atoms with Gasteiger partial charge in [-0.3, -0.25) is 14.6 Å². The van der Waals surface area contributed by atoms with E-state index in [4.69, 9.17) is 9.73 Å². The van der Waals surface area contributed by atoms with E-state index in [0.717, 1.165) is 57.5 Å². The van der Waals surface area contributed by atoms with Gasteiger partial charge in [0.1, 0.15) is 0 Å². The lowest BCUT2D eigenvalue weighted by Gasteiger charge is -2.33. The quantitative estimate of drug-likeness (QED) is 0.295. The molecule has 1 fully saturated rings. The number of guanidine groups is 1. The van der Waals surface area contributed by atoms with Crippen LogP contribution in [0.2, 0.25) is 0 Å². The Kier molecular flexibility index (Phi) is 10.7. The smallest absolute Gasteiger partial charge is 0.191 e. The maximum atomic E-state index is 5.56. The molecular weight excluding hydrogens is 523 g/mol. The zero-order valence-corrected chi connectivity index (χ0v) is 22.5. The van der Waals surface area contributed by atoms with Gasteiger partial charge >= 0.3 is 0 Å². The lowest BCUT2D eigenvalue weighted by Crippen LogP contribution is -2.44. The van der Waals surface area contributed by atoms with Crippen LogP contribution in [0.1, 0.15) is 41.7 Å². The van der Waals surface area contributed by atoms with E-state index in [0.29, 0.717) is 6.04 Å². The summed E-state index contributed by atoms with van der Waals surface area (Å²) in [6.07, 6.45) is 0.924. The molecule has 1 aliphatic heterocycles. The van der Waals surface area contributed by atoms with Crippen LogP contribution in [0.5, 0.6) is 0 Å². The van der Waals surface area contributed by atoms with Gasteiger partial charge in [-0.2, -0.15) is 5.10 Å². The number of nitrogens with one attached hydrogen (secondary N) is 2. The van der Waals surface area contributed by atoms with Crippen molar-refractivity contribution in [2.45, 2.75) is 46.2 Å². The minimum Gasteiger partial charge on any atom is -0.379 e. The molecule has 1 saturated heterocycles. The van der Waals surface area contributed by atoms with Gasteiger partial charge in [0.2, 0.25) is 0 Å². The first-order valence-electron chi connectivity index (χ1n) is 10.9. The van der Waals surface area contributed by atoms with Gasteiger partial charge in [0.05, 0.1) is 31.5 Å². The molecule has 2 aromatic rings. The Labute approximate surface area is 207 Å². The van der Waals surface area contributed by atoms with Gasteiger partial charge in [-0.1, -0.05) is 6.07 Å². The van der Waals surface area contributed by atoms with Crippen molar-refractivity contribution in [3.8, 4) is 0 Å². The van der Waals surface area contributed by atoms with Crippen LogP contribution in [-0.4, -0.2) is 66.1 Å². The van der Waals surface area contributed by atoms with Gasteiger partial charge in [-0.25, -0.2) is 0 Å². The number of halogens is 1. The van der Waals surface area contributed by atoms with E-state index < -0.39 is 0 Å². The molecule has 0 saturated carbocycles. The summed E-state index contributed by atoms with van der Waals surface area (Å²) in [6, 6.07) is 4.90. The Morgan fingerprint density at radius 3 is 2.65 bits per heavy atom. The molecule has 3 heterocycles. The molecule has 1 aliphatic rings. The largest absolute Gasteiger partial charge is 0.379 e. The summed E-state index contributed by atoms with van der Waals surface area (Å²) >= 11 is 1.81. The monoisotopic (exact) mass is 560 g/mol. The molecule has 2 N–H and O–H groups in total. The first kappa shape index (κ1) is 26.1. The molecule has 0 amide bonds. The summed E-state index contributed by atoms with van der Waals surface area (Å²) in [6.45, 7) is 13.6. The average Bonchev–Trinajstić information content (AvgIpc) is 3.34. The highest BCUT2D eigenvalue weighted by atomic mass is 127. The number of aliphatic imine (C=N–C) groups is 1. The van der Waals surface area contributed by atoms with E-state index in [-0.39, 0.29) is 30.0 Å². The fraction of sp³-hybridized carbons (Fsp3) is 0.636. The molecule has 0 bridgehead atoms. The third kappa shape index (κ3) is 7.16. The fourth-order valence-corrected chi connectivity index (χ4v) is 4.81. The van der Waals surface area contributed by atoms with E-state index >= 15 is 0 Å². The topological polar surface area (TPSA) is 66.7 Å². The molecule has 0 radical (unpaired) electrons. The number of rotatable bonds is 8. The van der Waals surface area contributed by atoms with Crippen LogP contribution in [0, 0.1) is 13.8 Å². The first-order valence-corrected chi connectivity index (χ1v) is 11.8. The van der Waals surface area contributed by atoms with Crippen molar-refractivity contribution in [1.29, 1.82) is 0 Å². The third-order valence-electron chi connectivity index (χ3n) is 5.68. The number of aryl methyl sites for hydroxylation is 2. The van der Waals surface area contributed by atoms with Crippen LogP contribution in [0.3, 0.4) is 0 Å². The maximum Gasteiger partial charge on any atom is 0.191 e. The van der Waals surface area contributed by atoms with Crippen LogP contribution >= 0.6 is 35.3 Å². The number of hydrogen-bond acceptors (Lipinski definition) is 5. The lowest BCUT2D eigenvalue weighted by molar-refractivity contribution is 0.0186. The molecule has 2 aromatic heterocycles. The van der Waals surface area contributed by atoms with Crippen molar-refractivity contribution in [1.82, 2.24) is 25.3 Å². The minimum atomic E-state index is 0. The van der Waals surface area contributed by atoms with Gasteiger partial charge in [-0.05, 0) is 51.1 Å². The molecule has 7 nitrogen and oxygen atoms in total. The summed E-state index contributed by atoms with van der Waals surface area (Å²) in [5, 5.41) is 13.7. The SMILES string of the molecule is CCNC(=NCC(c1cccs1)N1CCOCC1)NC(C)Cc1c(C)nn(C)c1C.I. The Hall–Kier alpha value is -1.17. The second-order valence-corrected chi connectivity index (χ2v) is 8.90. The molecule has 3 rings (SSSR count). The number of ether oxygens (including phenoxy) is 1. The Balaban J connectivity index is 0.00000341. The molecular formula is C22H37IN6OS. The predicted octanol–water partition coefficient (Wildman–Crippen LogP) is 3.28. The van der Waals surface area contributed by atoms with E-state index in [1.54, 1.807) is 0 Å². The number of aromatic nitrogens is 2. The maximum absolute atomic E-state index is 5.56. The second kappa shape index (κ2) is 12.8. The molecule has 0 aliphatic carbocycles. The number of nitrogens with zero attached hydrogens (tertiary/aromatic N) is 4. The van der Waals surface area contributed by atoms with Gasteiger partial charge in [0.25, 0.3) is 0 Å². The van der Waals surface area contributed by atoms with Crippen molar-refractivity contribution in [3.63, 3.8) is 0 Å². The van der Waals surface area contributed by atoms with Crippen LogP contribution < -0.4 is 10.6 Å². The molecule has 31 heavy (non-hydrogen) atoms. The van der Waals surface area contributed by atoms with Crippen molar-refractivity contribution in [2.75, 3.05) is 39.4 Å². The molecule has 2 unspecified atom stereocenters. The zero-order valence-electron chi connectivity index (χ0n) is 19.4. The Morgan fingerprint density at radius 1 is 1.32 bits per heavy atom. The predicted molar refractivity (Wildman–Crippen MR) is 140 cm³/mol. The van der Waals surface area contributed by atoms with E-state index in [9.17, 15) is 0 Å². The normalized spacial score (nSPS) is 17.1. The third-order valence-corrected chi connectivity index (χ3v) is 6.65. The number of morpholine rings is 1. The van der Waals surface area contributed by atoms with Crippen LogP contribution in [0.15, 0.2) is 22.5 Å². The minimum absolute atomic E-state index is 0.